The van der Waals surface area contributed by atoms with E-state index in [9.17, 15) is 19.5 Å². The van der Waals surface area contributed by atoms with Crippen LogP contribution in [-0.4, -0.2) is 52.7 Å². The molecule has 3 aromatic rings. The number of aromatic amines is 1. The summed E-state index contributed by atoms with van der Waals surface area (Å²) in [6.07, 6.45) is 0.364. The van der Waals surface area contributed by atoms with Crippen LogP contribution in [0, 0.1) is 0 Å². The summed E-state index contributed by atoms with van der Waals surface area (Å²) in [5, 5.41) is 25.6. The number of carbonyl (C=O) groups excluding carboxylic acids is 2. The molecule has 0 saturated carbocycles. The second-order valence-corrected chi connectivity index (χ2v) is 7.30. The first-order chi connectivity index (χ1) is 14.9. The fourth-order valence-corrected chi connectivity index (χ4v) is 3.96. The lowest BCUT2D eigenvalue weighted by Gasteiger charge is -2.31. The number of para-hydroxylation sites is 1. The second kappa shape index (κ2) is 8.11. The number of aliphatic carboxylic acids is 1. The van der Waals surface area contributed by atoms with E-state index >= 15 is 0 Å². The van der Waals surface area contributed by atoms with E-state index in [1.807, 2.05) is 24.3 Å². The summed E-state index contributed by atoms with van der Waals surface area (Å²) >= 11 is 0. The van der Waals surface area contributed by atoms with Crippen LogP contribution in [0.2, 0.25) is 0 Å². The summed E-state index contributed by atoms with van der Waals surface area (Å²) in [5.41, 5.74) is 3.32. The highest BCUT2D eigenvalue weighted by Crippen LogP contribution is 2.36. The lowest BCUT2D eigenvalue weighted by Crippen LogP contribution is -2.50. The van der Waals surface area contributed by atoms with Crippen LogP contribution in [0.3, 0.4) is 0 Å². The lowest BCUT2D eigenvalue weighted by atomic mass is 9.89. The Labute approximate surface area is 177 Å². The number of aromatic nitrogens is 1. The number of ether oxygens (including phenoxy) is 1. The molecule has 1 aromatic heterocycles. The molecule has 1 aliphatic rings. The molecule has 2 aromatic carbocycles. The Morgan fingerprint density at radius 3 is 2.71 bits per heavy atom. The molecule has 4 rings (SSSR count). The van der Waals surface area contributed by atoms with Gasteiger partial charge in [-0.15, -0.1) is 0 Å². The summed E-state index contributed by atoms with van der Waals surface area (Å²) < 4.78 is 4.74. The van der Waals surface area contributed by atoms with Gasteiger partial charge in [0.05, 0.1) is 19.2 Å². The molecule has 5 N–H and O–H groups in total. The molecule has 0 spiro atoms. The number of amides is 1. The molecular weight excluding hydrogens is 402 g/mol. The number of carbonyl (C=O) groups is 3. The molecule has 1 amide bonds. The first-order valence-electron chi connectivity index (χ1n) is 9.65. The third-order valence-electron chi connectivity index (χ3n) is 5.40. The molecular formula is C22H21N3O6. The number of hydrogen-bond donors (Lipinski definition) is 5. The van der Waals surface area contributed by atoms with E-state index in [4.69, 9.17) is 9.84 Å². The molecule has 2 atom stereocenters. The molecule has 1 aliphatic heterocycles. The zero-order chi connectivity index (χ0) is 22.1. The van der Waals surface area contributed by atoms with Crippen LogP contribution in [0.4, 0.5) is 0 Å². The zero-order valence-corrected chi connectivity index (χ0v) is 16.6. The number of phenols is 1. The Balaban J connectivity index is 1.79. The largest absolute Gasteiger partial charge is 0.507 e. The van der Waals surface area contributed by atoms with Crippen molar-refractivity contribution in [2.45, 2.75) is 18.5 Å². The number of hydrogen-bond acceptors (Lipinski definition) is 6. The molecule has 0 saturated heterocycles. The maximum absolute atomic E-state index is 12.7. The predicted molar refractivity (Wildman–Crippen MR) is 111 cm³/mol. The van der Waals surface area contributed by atoms with Crippen LogP contribution in [0.25, 0.3) is 10.9 Å². The Kier molecular flexibility index (Phi) is 5.35. The number of carboxylic acid groups (broad SMARTS) is 1. The standard InChI is InChI=1S/C22H21N3O6/c1-31-22(30)14-8-11(6-7-17(14)26)19-20-13(12-4-2-3-5-15(12)24-20)9-16(25-19)21(29)23-10-18(27)28/h2-8,16,19,24-26H,9-10H2,1H3,(H,23,29)(H,27,28)/t16-,19+/m0/s1. The average Bonchev–Trinajstić information content (AvgIpc) is 3.15. The maximum Gasteiger partial charge on any atom is 0.341 e. The number of nitrogens with one attached hydrogen (secondary N) is 3. The number of fused-ring (bicyclic) bond motifs is 3. The van der Waals surface area contributed by atoms with Crippen molar-refractivity contribution in [3.8, 4) is 5.75 Å². The van der Waals surface area contributed by atoms with E-state index in [1.54, 1.807) is 6.07 Å². The molecule has 0 radical (unpaired) electrons. The molecule has 160 valence electrons. The van der Waals surface area contributed by atoms with E-state index in [2.05, 4.69) is 15.6 Å². The summed E-state index contributed by atoms with van der Waals surface area (Å²) in [6, 6.07) is 11.1. The Bertz CT molecular complexity index is 1190. The predicted octanol–water partition coefficient (Wildman–Crippen LogP) is 1.46. The number of carboxylic acids is 1. The van der Waals surface area contributed by atoms with Crippen molar-refractivity contribution in [2.24, 2.45) is 0 Å². The molecule has 31 heavy (non-hydrogen) atoms. The van der Waals surface area contributed by atoms with Crippen LogP contribution in [-0.2, 0) is 20.7 Å². The highest BCUT2D eigenvalue weighted by molar-refractivity contribution is 5.93. The van der Waals surface area contributed by atoms with Gasteiger partial charge in [-0.1, -0.05) is 24.3 Å². The summed E-state index contributed by atoms with van der Waals surface area (Å²) in [5.74, 6) is -2.45. The Morgan fingerprint density at radius 1 is 1.19 bits per heavy atom. The molecule has 0 fully saturated rings. The fourth-order valence-electron chi connectivity index (χ4n) is 3.96. The summed E-state index contributed by atoms with van der Waals surface area (Å²) in [4.78, 5) is 39.0. The highest BCUT2D eigenvalue weighted by Gasteiger charge is 2.34. The smallest absolute Gasteiger partial charge is 0.341 e. The van der Waals surface area contributed by atoms with Crippen molar-refractivity contribution in [1.82, 2.24) is 15.6 Å². The number of phenolic OH excluding ortho intramolecular Hbond substituents is 1. The van der Waals surface area contributed by atoms with E-state index in [0.29, 0.717) is 12.0 Å². The van der Waals surface area contributed by atoms with E-state index in [-0.39, 0.29) is 11.3 Å². The first-order valence-corrected chi connectivity index (χ1v) is 9.65. The van der Waals surface area contributed by atoms with Crippen molar-refractivity contribution >= 4 is 28.7 Å². The van der Waals surface area contributed by atoms with Gasteiger partial charge in [0.2, 0.25) is 5.91 Å². The van der Waals surface area contributed by atoms with Gasteiger partial charge >= 0.3 is 11.9 Å². The quantitative estimate of drug-likeness (QED) is 0.391. The van der Waals surface area contributed by atoms with Crippen LogP contribution in [0.5, 0.6) is 5.75 Å². The van der Waals surface area contributed by atoms with Crippen molar-refractivity contribution in [1.29, 1.82) is 0 Å². The summed E-state index contributed by atoms with van der Waals surface area (Å²) in [7, 11) is 1.23. The van der Waals surface area contributed by atoms with Gasteiger partial charge < -0.3 is 25.3 Å². The molecule has 9 heteroatoms. The van der Waals surface area contributed by atoms with Crippen LogP contribution in [0.15, 0.2) is 42.5 Å². The number of rotatable bonds is 5. The number of esters is 1. The number of H-pyrrole nitrogens is 1. The zero-order valence-electron chi connectivity index (χ0n) is 16.6. The van der Waals surface area contributed by atoms with E-state index in [1.165, 1.54) is 19.2 Å². The van der Waals surface area contributed by atoms with Crippen molar-refractivity contribution in [2.75, 3.05) is 13.7 Å². The average molecular weight is 423 g/mol. The van der Waals surface area contributed by atoms with E-state index < -0.39 is 36.5 Å². The third kappa shape index (κ3) is 3.82. The molecule has 9 nitrogen and oxygen atoms in total. The van der Waals surface area contributed by atoms with Gasteiger partial charge in [-0.3, -0.25) is 14.9 Å². The summed E-state index contributed by atoms with van der Waals surface area (Å²) in [6.45, 7) is -0.478. The van der Waals surface area contributed by atoms with Crippen molar-refractivity contribution in [3.63, 3.8) is 0 Å². The molecule has 0 aliphatic carbocycles. The fraction of sp³-hybridized carbons (Fsp3) is 0.227. The minimum absolute atomic E-state index is 0.0110. The minimum Gasteiger partial charge on any atom is -0.507 e. The molecule has 0 unspecified atom stereocenters. The number of methoxy groups -OCH3 is 1. The lowest BCUT2D eigenvalue weighted by molar-refractivity contribution is -0.138. The molecule has 2 heterocycles. The minimum atomic E-state index is -1.13. The number of benzene rings is 2. The number of aromatic hydroxyl groups is 1. The van der Waals surface area contributed by atoms with Crippen LogP contribution >= 0.6 is 0 Å². The Morgan fingerprint density at radius 2 is 1.97 bits per heavy atom. The van der Waals surface area contributed by atoms with Gasteiger partial charge in [-0.25, -0.2) is 4.79 Å². The van der Waals surface area contributed by atoms with Gasteiger partial charge in [0.1, 0.15) is 17.9 Å². The normalized spacial score (nSPS) is 17.7. The van der Waals surface area contributed by atoms with Gasteiger partial charge in [-0.05, 0) is 35.7 Å². The van der Waals surface area contributed by atoms with Gasteiger partial charge in [0.15, 0.2) is 0 Å². The van der Waals surface area contributed by atoms with Gasteiger partial charge in [0, 0.05) is 16.6 Å². The van der Waals surface area contributed by atoms with Crippen molar-refractivity contribution in [3.05, 3.63) is 64.8 Å². The van der Waals surface area contributed by atoms with Crippen molar-refractivity contribution < 1.29 is 29.3 Å². The third-order valence-corrected chi connectivity index (χ3v) is 5.40. The second-order valence-electron chi connectivity index (χ2n) is 7.30. The SMILES string of the molecule is COC(=O)c1cc([C@H]2N[C@H](C(=O)NCC(=O)O)Cc3c2[nH]c2ccccc32)ccc1O. The van der Waals surface area contributed by atoms with Crippen LogP contribution in [0.1, 0.15) is 33.2 Å². The van der Waals surface area contributed by atoms with Crippen LogP contribution < -0.4 is 10.6 Å². The van der Waals surface area contributed by atoms with Gasteiger partial charge in [-0.2, -0.15) is 0 Å². The maximum atomic E-state index is 12.7. The van der Waals surface area contributed by atoms with Gasteiger partial charge in [0.25, 0.3) is 0 Å². The highest BCUT2D eigenvalue weighted by atomic mass is 16.5. The van der Waals surface area contributed by atoms with E-state index in [0.717, 1.165) is 22.2 Å². The Hall–Kier alpha value is -3.85. The topological polar surface area (TPSA) is 141 Å². The monoisotopic (exact) mass is 423 g/mol. The first kappa shape index (κ1) is 20.4. The molecule has 0 bridgehead atoms.